The van der Waals surface area contributed by atoms with Gasteiger partial charge in [-0.3, -0.25) is 4.90 Å². The van der Waals surface area contributed by atoms with Gasteiger partial charge in [0.05, 0.1) is 0 Å². The van der Waals surface area contributed by atoms with Crippen LogP contribution < -0.4 is 4.74 Å². The van der Waals surface area contributed by atoms with E-state index >= 15 is 0 Å². The van der Waals surface area contributed by atoms with Crippen molar-refractivity contribution >= 4 is 0 Å². The minimum atomic E-state index is -0.425. The predicted molar refractivity (Wildman–Crippen MR) is 91.5 cm³/mol. The lowest BCUT2D eigenvalue weighted by atomic mass is 9.98. The summed E-state index contributed by atoms with van der Waals surface area (Å²) in [5.41, 5.74) is 1.24. The van der Waals surface area contributed by atoms with Gasteiger partial charge in [0, 0.05) is 12.6 Å². The highest BCUT2D eigenvalue weighted by molar-refractivity contribution is 5.35. The molecular weight excluding hydrogens is 274 g/mol. The molecule has 1 saturated heterocycles. The average Bonchev–Trinajstić information content (AvgIpc) is 2.54. The van der Waals surface area contributed by atoms with Gasteiger partial charge in [-0.2, -0.15) is 0 Å². The lowest BCUT2D eigenvalue weighted by Crippen LogP contribution is -2.43. The second-order valence-electron chi connectivity index (χ2n) is 6.65. The Labute approximate surface area is 135 Å². The lowest BCUT2D eigenvalue weighted by Gasteiger charge is -2.34. The van der Waals surface area contributed by atoms with Crippen molar-refractivity contribution in [3.05, 3.63) is 29.8 Å². The van der Waals surface area contributed by atoms with Crippen LogP contribution in [0.1, 0.15) is 57.9 Å². The van der Waals surface area contributed by atoms with Crippen molar-refractivity contribution in [1.29, 1.82) is 0 Å². The number of piperidine rings is 1. The number of hydrogen-bond donors (Lipinski definition) is 1. The highest BCUT2D eigenvalue weighted by Gasteiger charge is 2.21. The zero-order valence-electron chi connectivity index (χ0n) is 14.3. The van der Waals surface area contributed by atoms with Gasteiger partial charge < -0.3 is 9.84 Å². The van der Waals surface area contributed by atoms with Crippen LogP contribution >= 0.6 is 0 Å². The molecule has 124 valence electrons. The topological polar surface area (TPSA) is 32.7 Å². The van der Waals surface area contributed by atoms with E-state index in [0.29, 0.717) is 25.1 Å². The van der Waals surface area contributed by atoms with Crippen LogP contribution in [0.2, 0.25) is 0 Å². The van der Waals surface area contributed by atoms with E-state index in [1.807, 2.05) is 12.1 Å². The molecule has 1 fully saturated rings. The minimum absolute atomic E-state index is 0.372. The van der Waals surface area contributed by atoms with Gasteiger partial charge in [-0.1, -0.05) is 38.5 Å². The van der Waals surface area contributed by atoms with Crippen LogP contribution in [0.4, 0.5) is 0 Å². The van der Waals surface area contributed by atoms with Crippen LogP contribution in [0, 0.1) is 0 Å². The molecule has 2 rings (SSSR count). The zero-order valence-corrected chi connectivity index (χ0v) is 14.3. The van der Waals surface area contributed by atoms with E-state index in [1.54, 1.807) is 0 Å². The number of aliphatic hydroxyl groups is 1. The first-order valence-electron chi connectivity index (χ1n) is 8.75. The van der Waals surface area contributed by atoms with E-state index in [2.05, 4.69) is 37.8 Å². The van der Waals surface area contributed by atoms with Gasteiger partial charge in [-0.25, -0.2) is 0 Å². The zero-order chi connectivity index (χ0) is 15.9. The van der Waals surface area contributed by atoms with Crippen molar-refractivity contribution in [2.75, 3.05) is 19.7 Å². The third-order valence-electron chi connectivity index (χ3n) is 4.88. The normalized spacial score (nSPS) is 22.3. The van der Waals surface area contributed by atoms with Crippen LogP contribution in [0.15, 0.2) is 24.3 Å². The van der Waals surface area contributed by atoms with Gasteiger partial charge in [0.1, 0.15) is 18.5 Å². The molecule has 1 aliphatic rings. The summed E-state index contributed by atoms with van der Waals surface area (Å²) < 4.78 is 5.92. The summed E-state index contributed by atoms with van der Waals surface area (Å²) in [6.07, 6.45) is 4.46. The Balaban J connectivity index is 1.87. The monoisotopic (exact) mass is 305 g/mol. The van der Waals surface area contributed by atoms with Gasteiger partial charge in [0.15, 0.2) is 0 Å². The Hall–Kier alpha value is -1.06. The molecule has 1 aromatic rings. The molecule has 3 heteroatoms. The highest BCUT2D eigenvalue weighted by Crippen LogP contribution is 2.28. The molecule has 0 aromatic heterocycles. The van der Waals surface area contributed by atoms with Crippen LogP contribution in [-0.2, 0) is 0 Å². The van der Waals surface area contributed by atoms with Crippen molar-refractivity contribution < 1.29 is 9.84 Å². The first-order chi connectivity index (χ1) is 10.6. The van der Waals surface area contributed by atoms with Gasteiger partial charge in [0.25, 0.3) is 0 Å². The molecule has 1 heterocycles. The third-order valence-corrected chi connectivity index (χ3v) is 4.88. The molecule has 1 aromatic carbocycles. The number of aliphatic hydroxyl groups excluding tert-OH is 1. The number of hydrogen-bond acceptors (Lipinski definition) is 3. The van der Waals surface area contributed by atoms with Crippen LogP contribution in [0.5, 0.6) is 5.75 Å². The van der Waals surface area contributed by atoms with Gasteiger partial charge in [-0.15, -0.1) is 0 Å². The molecule has 0 bridgehead atoms. The number of likely N-dealkylation sites (tertiary alicyclic amines) is 1. The first kappa shape index (κ1) is 17.3. The lowest BCUT2D eigenvalue weighted by molar-refractivity contribution is 0.0435. The van der Waals surface area contributed by atoms with Crippen LogP contribution in [-0.4, -0.2) is 41.8 Å². The number of ether oxygens (including phenoxy) is 1. The molecule has 0 amide bonds. The summed E-state index contributed by atoms with van der Waals surface area (Å²) in [5.74, 6) is 1.40. The predicted octanol–water partition coefficient (Wildman–Crippen LogP) is 3.81. The molecule has 0 spiro atoms. The maximum absolute atomic E-state index is 10.3. The molecule has 3 atom stereocenters. The molecular formula is C19H31NO2. The smallest absolute Gasteiger partial charge is 0.122 e. The summed E-state index contributed by atoms with van der Waals surface area (Å²) in [4.78, 5) is 2.39. The first-order valence-corrected chi connectivity index (χ1v) is 8.75. The van der Waals surface area contributed by atoms with Crippen molar-refractivity contribution in [3.63, 3.8) is 0 Å². The fourth-order valence-corrected chi connectivity index (χ4v) is 3.18. The number of rotatable bonds is 7. The molecule has 1 N–H and O–H groups in total. The summed E-state index contributed by atoms with van der Waals surface area (Å²) in [6.45, 7) is 8.85. The second kappa shape index (κ2) is 8.54. The Kier molecular flexibility index (Phi) is 6.71. The molecule has 0 aliphatic carbocycles. The number of para-hydroxylation sites is 1. The maximum atomic E-state index is 10.3. The number of β-amino-alcohol motifs (C(OH)–C–C–N with tert-alkyl or cyclic N) is 1. The number of benzene rings is 1. The number of nitrogens with zero attached hydrogens (tertiary/aromatic N) is 1. The third kappa shape index (κ3) is 4.72. The Morgan fingerprint density at radius 1 is 1.32 bits per heavy atom. The summed E-state index contributed by atoms with van der Waals surface area (Å²) in [6, 6.07) is 8.77. The largest absolute Gasteiger partial charge is 0.491 e. The Bertz CT molecular complexity index is 449. The Morgan fingerprint density at radius 2 is 2.09 bits per heavy atom. The highest BCUT2D eigenvalue weighted by atomic mass is 16.5. The van der Waals surface area contributed by atoms with E-state index in [4.69, 9.17) is 4.74 Å². The SMILES string of the molecule is CC[C@H](C)c1ccccc1OC[C@H](O)CN1CCCC[C@H]1C. The maximum Gasteiger partial charge on any atom is 0.122 e. The van der Waals surface area contributed by atoms with Crippen LogP contribution in [0.3, 0.4) is 0 Å². The molecule has 0 unspecified atom stereocenters. The fourth-order valence-electron chi connectivity index (χ4n) is 3.18. The standard InChI is InChI=1S/C19H31NO2/c1-4-15(2)18-10-5-6-11-19(18)22-14-17(21)13-20-12-8-7-9-16(20)3/h5-6,10-11,15-17,21H,4,7-9,12-14H2,1-3H3/t15-,16+,17+/m0/s1. The van der Waals surface area contributed by atoms with E-state index in [0.717, 1.165) is 18.7 Å². The second-order valence-corrected chi connectivity index (χ2v) is 6.65. The molecule has 1 aliphatic heterocycles. The van der Waals surface area contributed by atoms with E-state index in [9.17, 15) is 5.11 Å². The van der Waals surface area contributed by atoms with Gasteiger partial charge in [-0.05, 0) is 50.3 Å². The van der Waals surface area contributed by atoms with Gasteiger partial charge in [0.2, 0.25) is 0 Å². The van der Waals surface area contributed by atoms with E-state index in [1.165, 1.54) is 24.8 Å². The summed E-state index contributed by atoms with van der Waals surface area (Å²) in [5, 5.41) is 10.3. The van der Waals surface area contributed by atoms with Crippen molar-refractivity contribution in [3.8, 4) is 5.75 Å². The quantitative estimate of drug-likeness (QED) is 0.831. The van der Waals surface area contributed by atoms with Crippen LogP contribution in [0.25, 0.3) is 0 Å². The van der Waals surface area contributed by atoms with E-state index < -0.39 is 6.10 Å². The summed E-state index contributed by atoms with van der Waals surface area (Å²) in [7, 11) is 0. The molecule has 3 nitrogen and oxygen atoms in total. The molecule has 0 radical (unpaired) electrons. The molecule has 22 heavy (non-hydrogen) atoms. The molecule has 0 saturated carbocycles. The minimum Gasteiger partial charge on any atom is -0.491 e. The van der Waals surface area contributed by atoms with Crippen molar-refractivity contribution in [1.82, 2.24) is 4.90 Å². The van der Waals surface area contributed by atoms with E-state index in [-0.39, 0.29) is 0 Å². The van der Waals surface area contributed by atoms with Crippen molar-refractivity contribution in [2.45, 2.75) is 64.5 Å². The average molecular weight is 305 g/mol. The fraction of sp³-hybridized carbons (Fsp3) is 0.684. The van der Waals surface area contributed by atoms with Gasteiger partial charge >= 0.3 is 0 Å². The van der Waals surface area contributed by atoms with Crippen molar-refractivity contribution in [2.24, 2.45) is 0 Å². The summed E-state index contributed by atoms with van der Waals surface area (Å²) >= 11 is 0. The Morgan fingerprint density at radius 3 is 2.82 bits per heavy atom.